The lowest BCUT2D eigenvalue weighted by molar-refractivity contribution is 0.104. The molecule has 1 aromatic heterocycles. The number of hydrogen-bond acceptors (Lipinski definition) is 2. The fraction of sp³-hybridized carbons (Fsp3) is 0. The Kier molecular flexibility index (Phi) is 3.02. The third-order valence-corrected chi connectivity index (χ3v) is 4.28. The van der Waals surface area contributed by atoms with E-state index in [2.05, 4.69) is 6.58 Å². The number of carbonyl (C=O) groups is 1. The molecule has 0 fully saturated rings. The fourth-order valence-corrected chi connectivity index (χ4v) is 3.40. The molecule has 0 aliphatic rings. The molecule has 1 heterocycles. The zero-order valence-electron chi connectivity index (χ0n) is 10.3. The van der Waals surface area contributed by atoms with E-state index in [4.69, 9.17) is 0 Å². The molecule has 0 atom stereocenters. The topological polar surface area (TPSA) is 17.1 Å². The molecule has 0 radical (unpaired) electrons. The molecule has 0 N–H and O–H groups in total. The van der Waals surface area contributed by atoms with Crippen molar-refractivity contribution in [1.29, 1.82) is 0 Å². The lowest BCUT2D eigenvalue weighted by Gasteiger charge is -2.01. The standard InChI is InChI=1S/C17H12OS/c1-2-14(18)16-13-10-6-7-11-15(13)19-17(16)12-8-4-3-5-9-12/h2-11H,1H2. The van der Waals surface area contributed by atoms with Crippen molar-refractivity contribution >= 4 is 27.2 Å². The monoisotopic (exact) mass is 264 g/mol. The van der Waals surface area contributed by atoms with E-state index in [-0.39, 0.29) is 5.78 Å². The molecule has 0 amide bonds. The van der Waals surface area contributed by atoms with E-state index in [0.29, 0.717) is 0 Å². The van der Waals surface area contributed by atoms with Crippen molar-refractivity contribution in [3.05, 3.63) is 72.8 Å². The molecule has 0 bridgehead atoms. The number of ketones is 1. The molecule has 0 aliphatic heterocycles. The normalized spacial score (nSPS) is 10.5. The maximum absolute atomic E-state index is 12.2. The van der Waals surface area contributed by atoms with Crippen LogP contribution in [0.3, 0.4) is 0 Å². The minimum absolute atomic E-state index is 0.0173. The van der Waals surface area contributed by atoms with Crippen LogP contribution in [-0.2, 0) is 0 Å². The second-order valence-corrected chi connectivity index (χ2v) is 5.29. The van der Waals surface area contributed by atoms with E-state index in [1.807, 2.05) is 54.6 Å². The first-order valence-corrected chi connectivity index (χ1v) is 6.86. The zero-order valence-corrected chi connectivity index (χ0v) is 11.1. The predicted molar refractivity (Wildman–Crippen MR) is 81.8 cm³/mol. The Bertz CT molecular complexity index is 753. The molecule has 1 nitrogen and oxygen atoms in total. The van der Waals surface area contributed by atoms with Gasteiger partial charge in [-0.25, -0.2) is 0 Å². The second-order valence-electron chi connectivity index (χ2n) is 4.24. The maximum Gasteiger partial charge on any atom is 0.187 e. The first-order chi connectivity index (χ1) is 9.31. The number of allylic oxidation sites excluding steroid dienone is 1. The molecule has 0 spiro atoms. The van der Waals surface area contributed by atoms with Gasteiger partial charge in [0.1, 0.15) is 0 Å². The van der Waals surface area contributed by atoms with Crippen LogP contribution in [0.2, 0.25) is 0 Å². The Morgan fingerprint density at radius 2 is 1.68 bits per heavy atom. The van der Waals surface area contributed by atoms with E-state index in [0.717, 1.165) is 26.1 Å². The number of carbonyl (C=O) groups excluding carboxylic acids is 1. The summed E-state index contributed by atoms with van der Waals surface area (Å²) in [7, 11) is 0. The van der Waals surface area contributed by atoms with Gasteiger partial charge in [-0.2, -0.15) is 0 Å². The first kappa shape index (κ1) is 11.9. The Hall–Kier alpha value is -2.19. The van der Waals surface area contributed by atoms with Gasteiger partial charge in [-0.05, 0) is 17.7 Å². The van der Waals surface area contributed by atoms with Crippen LogP contribution < -0.4 is 0 Å². The summed E-state index contributed by atoms with van der Waals surface area (Å²) >= 11 is 1.65. The van der Waals surface area contributed by atoms with Gasteiger partial charge in [0, 0.05) is 20.5 Å². The second kappa shape index (κ2) is 4.82. The molecule has 0 saturated carbocycles. The Morgan fingerprint density at radius 3 is 2.42 bits per heavy atom. The number of hydrogen-bond donors (Lipinski definition) is 0. The highest BCUT2D eigenvalue weighted by atomic mass is 32.1. The Morgan fingerprint density at radius 1 is 1.00 bits per heavy atom. The van der Waals surface area contributed by atoms with Gasteiger partial charge < -0.3 is 0 Å². The summed E-state index contributed by atoms with van der Waals surface area (Å²) < 4.78 is 1.13. The van der Waals surface area contributed by atoms with Crippen LogP contribution in [0.5, 0.6) is 0 Å². The average Bonchev–Trinajstić information content (AvgIpc) is 2.87. The van der Waals surface area contributed by atoms with Crippen LogP contribution in [0.1, 0.15) is 10.4 Å². The van der Waals surface area contributed by atoms with E-state index in [9.17, 15) is 4.79 Å². The Labute approximate surface area is 115 Å². The van der Waals surface area contributed by atoms with Crippen molar-refractivity contribution in [3.63, 3.8) is 0 Å². The van der Waals surface area contributed by atoms with Gasteiger partial charge in [0.25, 0.3) is 0 Å². The van der Waals surface area contributed by atoms with E-state index in [1.165, 1.54) is 6.08 Å². The average molecular weight is 264 g/mol. The minimum Gasteiger partial charge on any atom is -0.289 e. The van der Waals surface area contributed by atoms with Crippen LogP contribution in [0.15, 0.2) is 67.3 Å². The summed E-state index contributed by atoms with van der Waals surface area (Å²) in [6.07, 6.45) is 1.39. The van der Waals surface area contributed by atoms with Crippen molar-refractivity contribution in [2.75, 3.05) is 0 Å². The summed E-state index contributed by atoms with van der Waals surface area (Å²) in [6.45, 7) is 3.61. The van der Waals surface area contributed by atoms with E-state index in [1.54, 1.807) is 11.3 Å². The van der Waals surface area contributed by atoms with Gasteiger partial charge in [0.05, 0.1) is 0 Å². The molecule has 2 aromatic carbocycles. The lowest BCUT2D eigenvalue weighted by atomic mass is 10.0. The minimum atomic E-state index is -0.0173. The van der Waals surface area contributed by atoms with Gasteiger partial charge in [-0.1, -0.05) is 55.1 Å². The first-order valence-electron chi connectivity index (χ1n) is 6.05. The molecule has 92 valence electrons. The zero-order chi connectivity index (χ0) is 13.2. The smallest absolute Gasteiger partial charge is 0.187 e. The maximum atomic E-state index is 12.2. The molecule has 0 saturated heterocycles. The number of thiophene rings is 1. The van der Waals surface area contributed by atoms with Crippen LogP contribution >= 0.6 is 11.3 Å². The van der Waals surface area contributed by atoms with Crippen molar-refractivity contribution in [3.8, 4) is 10.4 Å². The van der Waals surface area contributed by atoms with Crippen LogP contribution in [0.25, 0.3) is 20.5 Å². The van der Waals surface area contributed by atoms with Crippen molar-refractivity contribution in [2.45, 2.75) is 0 Å². The largest absolute Gasteiger partial charge is 0.289 e. The molecule has 0 unspecified atom stereocenters. The highest BCUT2D eigenvalue weighted by Crippen LogP contribution is 2.38. The predicted octanol–water partition coefficient (Wildman–Crippen LogP) is 4.94. The third kappa shape index (κ3) is 2.00. The third-order valence-electron chi connectivity index (χ3n) is 3.06. The van der Waals surface area contributed by atoms with Crippen LogP contribution in [0, 0.1) is 0 Å². The van der Waals surface area contributed by atoms with Gasteiger partial charge in [0.2, 0.25) is 0 Å². The molecule has 2 heteroatoms. The number of fused-ring (bicyclic) bond motifs is 1. The van der Waals surface area contributed by atoms with Crippen LogP contribution in [0.4, 0.5) is 0 Å². The van der Waals surface area contributed by atoms with Gasteiger partial charge >= 0.3 is 0 Å². The van der Waals surface area contributed by atoms with Gasteiger partial charge in [-0.3, -0.25) is 4.79 Å². The van der Waals surface area contributed by atoms with Crippen molar-refractivity contribution in [2.24, 2.45) is 0 Å². The molecule has 19 heavy (non-hydrogen) atoms. The molecular formula is C17H12OS. The van der Waals surface area contributed by atoms with Gasteiger partial charge in [-0.15, -0.1) is 11.3 Å². The highest BCUT2D eigenvalue weighted by Gasteiger charge is 2.17. The van der Waals surface area contributed by atoms with E-state index >= 15 is 0 Å². The number of benzene rings is 2. The van der Waals surface area contributed by atoms with E-state index < -0.39 is 0 Å². The summed E-state index contributed by atoms with van der Waals surface area (Å²) in [5, 5.41) is 1.01. The Balaban J connectivity index is 2.35. The fourth-order valence-electron chi connectivity index (χ4n) is 2.18. The SMILES string of the molecule is C=CC(=O)c1c(-c2ccccc2)sc2ccccc12. The lowest BCUT2D eigenvalue weighted by Crippen LogP contribution is -1.94. The summed E-state index contributed by atoms with van der Waals surface area (Å²) in [5.41, 5.74) is 1.84. The summed E-state index contributed by atoms with van der Waals surface area (Å²) in [4.78, 5) is 13.2. The molecular weight excluding hydrogens is 252 g/mol. The quantitative estimate of drug-likeness (QED) is 0.484. The summed E-state index contributed by atoms with van der Waals surface area (Å²) in [5.74, 6) is -0.0173. The highest BCUT2D eigenvalue weighted by molar-refractivity contribution is 7.22. The molecule has 0 aliphatic carbocycles. The molecule has 3 aromatic rings. The number of rotatable bonds is 3. The molecule has 3 rings (SSSR count). The van der Waals surface area contributed by atoms with Crippen molar-refractivity contribution < 1.29 is 4.79 Å². The van der Waals surface area contributed by atoms with Crippen LogP contribution in [-0.4, -0.2) is 5.78 Å². The van der Waals surface area contributed by atoms with Crippen molar-refractivity contribution in [1.82, 2.24) is 0 Å². The van der Waals surface area contributed by atoms with Gasteiger partial charge in [0.15, 0.2) is 5.78 Å². The summed E-state index contributed by atoms with van der Waals surface area (Å²) in [6, 6.07) is 18.0.